The van der Waals surface area contributed by atoms with Gasteiger partial charge in [-0.05, 0) is 6.42 Å². The summed E-state index contributed by atoms with van der Waals surface area (Å²) in [6, 6.07) is 0. The molecule has 0 rings (SSSR count). The molecule has 0 N–H and O–H groups in total. The van der Waals surface area contributed by atoms with Crippen LogP contribution in [0.4, 0.5) is 0 Å². The summed E-state index contributed by atoms with van der Waals surface area (Å²) in [5, 5.41) is 10.2. The van der Waals surface area contributed by atoms with Gasteiger partial charge in [0.25, 0.3) is 0 Å². The van der Waals surface area contributed by atoms with Crippen molar-refractivity contribution >= 4 is 28.6 Å². The minimum absolute atomic E-state index is 0. The summed E-state index contributed by atoms with van der Waals surface area (Å²) in [6.45, 7) is 2.10. The first-order valence-corrected chi connectivity index (χ1v) is 4.78. The van der Waals surface area contributed by atoms with E-state index in [4.69, 9.17) is 0 Å². The number of carbonyl (C=O) groups is 1. The fourth-order valence-corrected chi connectivity index (χ4v) is 1.13. The van der Waals surface area contributed by atoms with Crippen LogP contribution in [-0.4, -0.2) is 9.89 Å². The Labute approximate surface area is 124 Å². The van der Waals surface area contributed by atoms with E-state index in [1.54, 1.807) is 0 Å². The molecule has 0 aliphatic heterocycles. The monoisotopic (exact) mass is 294 g/mol. The van der Waals surface area contributed by atoms with Crippen molar-refractivity contribution in [2.45, 2.75) is 36.5 Å². The van der Waals surface area contributed by atoms with E-state index in [0.29, 0.717) is 0 Å². The Hall–Kier alpha value is 1.84. The number of hydrogen-bond donors (Lipinski definition) is 0. The van der Waals surface area contributed by atoms with Gasteiger partial charge in [0.15, 0.2) is 0 Å². The third kappa shape index (κ3) is 9.75. The van der Waals surface area contributed by atoms with Crippen molar-refractivity contribution in [1.82, 2.24) is 0 Å². The fourth-order valence-electron chi connectivity index (χ4n) is 0.691. The number of unbranched alkanes of at least 4 members (excludes halogenated alkanes) is 2. The molecule has 60 valence electrons. The number of hydrogen-bond acceptors (Lipinski definition) is 2. The van der Waals surface area contributed by atoms with Crippen LogP contribution in [0.5, 0.6) is 0 Å². The molecule has 0 spiro atoms. The van der Waals surface area contributed by atoms with Gasteiger partial charge in [-0.1, -0.05) is 48.8 Å². The van der Waals surface area contributed by atoms with Crippen LogP contribution < -0.4 is 56.5 Å². The predicted octanol–water partition coefficient (Wildman–Crippen LogP) is -1.88. The second-order valence-electron chi connectivity index (χ2n) is 2.28. The standard InChI is InChI=1S/C7H13IO2.K/c1-2-3-4-5-6(8)7(9)10;/h6H,2-5H2,1H3,(H,9,10);/q;+1/p-1. The third-order valence-corrected chi connectivity index (χ3v) is 2.45. The predicted molar refractivity (Wildman–Crippen MR) is 47.0 cm³/mol. The zero-order valence-corrected chi connectivity index (χ0v) is 12.4. The van der Waals surface area contributed by atoms with E-state index in [-0.39, 0.29) is 55.3 Å². The molecule has 0 aliphatic rings. The van der Waals surface area contributed by atoms with Gasteiger partial charge >= 0.3 is 51.4 Å². The molecule has 0 heterocycles. The molecule has 0 bridgehead atoms. The van der Waals surface area contributed by atoms with Gasteiger partial charge in [0.1, 0.15) is 0 Å². The van der Waals surface area contributed by atoms with Crippen LogP contribution in [0, 0.1) is 0 Å². The maximum Gasteiger partial charge on any atom is 1.00 e. The SMILES string of the molecule is CCCCCC(I)C(=O)[O-].[K+]. The third-order valence-electron chi connectivity index (χ3n) is 1.32. The van der Waals surface area contributed by atoms with Crippen LogP contribution >= 0.6 is 22.6 Å². The molecule has 1 unspecified atom stereocenters. The Bertz CT molecular complexity index is 109. The number of carboxylic acid groups (broad SMARTS) is 1. The average molecular weight is 294 g/mol. The van der Waals surface area contributed by atoms with Crippen molar-refractivity contribution in [1.29, 1.82) is 0 Å². The first kappa shape index (κ1) is 15.3. The first-order chi connectivity index (χ1) is 4.68. The van der Waals surface area contributed by atoms with Crippen LogP contribution in [-0.2, 0) is 4.79 Å². The number of aliphatic carboxylic acids is 1. The van der Waals surface area contributed by atoms with Crippen molar-refractivity contribution in [3.05, 3.63) is 0 Å². The molecule has 1 atom stereocenters. The summed E-state index contributed by atoms with van der Waals surface area (Å²) in [6.07, 6.45) is 4.00. The van der Waals surface area contributed by atoms with E-state index in [1.807, 2.05) is 22.6 Å². The topological polar surface area (TPSA) is 40.1 Å². The molecule has 4 heteroatoms. The summed E-state index contributed by atoms with van der Waals surface area (Å²) in [4.78, 5) is 10.2. The van der Waals surface area contributed by atoms with E-state index >= 15 is 0 Å². The fraction of sp³-hybridized carbons (Fsp3) is 0.857. The molecule has 0 fully saturated rings. The Morgan fingerprint density at radius 3 is 2.45 bits per heavy atom. The van der Waals surface area contributed by atoms with Gasteiger partial charge in [0, 0.05) is 0 Å². The summed E-state index contributed by atoms with van der Waals surface area (Å²) < 4.78 is -0.302. The Morgan fingerprint density at radius 2 is 2.09 bits per heavy atom. The minimum Gasteiger partial charge on any atom is -0.549 e. The molecule has 0 aliphatic carbocycles. The van der Waals surface area contributed by atoms with Gasteiger partial charge < -0.3 is 9.90 Å². The van der Waals surface area contributed by atoms with Gasteiger partial charge in [-0.2, -0.15) is 0 Å². The molecule has 0 aromatic heterocycles. The molecule has 0 aromatic rings. The van der Waals surface area contributed by atoms with Crippen LogP contribution in [0.2, 0.25) is 0 Å². The smallest absolute Gasteiger partial charge is 0.549 e. The molecule has 0 saturated carbocycles. The second-order valence-corrected chi connectivity index (χ2v) is 3.79. The number of alkyl halides is 1. The summed E-state index contributed by atoms with van der Waals surface area (Å²) in [7, 11) is 0. The van der Waals surface area contributed by atoms with Gasteiger partial charge in [0.05, 0.1) is 9.89 Å². The van der Waals surface area contributed by atoms with Gasteiger partial charge in [-0.15, -0.1) is 0 Å². The maximum absolute atomic E-state index is 10.2. The van der Waals surface area contributed by atoms with E-state index < -0.39 is 5.97 Å². The molecular formula is C7H12IKO2. The van der Waals surface area contributed by atoms with E-state index in [0.717, 1.165) is 25.7 Å². The number of carbonyl (C=O) groups excluding carboxylic acids is 1. The van der Waals surface area contributed by atoms with Crippen molar-refractivity contribution in [3.8, 4) is 0 Å². The molecule has 2 nitrogen and oxygen atoms in total. The van der Waals surface area contributed by atoms with Crippen LogP contribution in [0.25, 0.3) is 0 Å². The number of halogens is 1. The van der Waals surface area contributed by atoms with E-state index in [1.165, 1.54) is 0 Å². The molecule has 11 heavy (non-hydrogen) atoms. The first-order valence-electron chi connectivity index (χ1n) is 3.53. The van der Waals surface area contributed by atoms with Crippen molar-refractivity contribution in [2.24, 2.45) is 0 Å². The molecule has 0 aromatic carbocycles. The average Bonchev–Trinajstić information content (AvgIpc) is 1.88. The Balaban J connectivity index is 0. The Kier molecular flexibility index (Phi) is 13.8. The van der Waals surface area contributed by atoms with Gasteiger partial charge in [0.2, 0.25) is 0 Å². The summed E-state index contributed by atoms with van der Waals surface area (Å²) >= 11 is 1.91. The summed E-state index contributed by atoms with van der Waals surface area (Å²) in [5.74, 6) is -0.934. The molecule has 0 saturated heterocycles. The second kappa shape index (κ2) is 9.92. The van der Waals surface area contributed by atoms with Crippen LogP contribution in [0.1, 0.15) is 32.6 Å². The van der Waals surface area contributed by atoms with Crippen molar-refractivity contribution in [3.63, 3.8) is 0 Å². The molecule has 0 radical (unpaired) electrons. The molecule has 0 amide bonds. The maximum atomic E-state index is 10.2. The normalized spacial score (nSPS) is 11.8. The van der Waals surface area contributed by atoms with Crippen LogP contribution in [0.15, 0.2) is 0 Å². The Morgan fingerprint density at radius 1 is 1.55 bits per heavy atom. The quantitative estimate of drug-likeness (QED) is 0.258. The van der Waals surface area contributed by atoms with Crippen LogP contribution in [0.3, 0.4) is 0 Å². The van der Waals surface area contributed by atoms with E-state index in [2.05, 4.69) is 6.92 Å². The van der Waals surface area contributed by atoms with E-state index in [9.17, 15) is 9.90 Å². The zero-order chi connectivity index (χ0) is 7.98. The largest absolute Gasteiger partial charge is 1.00 e. The van der Waals surface area contributed by atoms with Crippen molar-refractivity contribution in [2.75, 3.05) is 0 Å². The number of rotatable bonds is 5. The zero-order valence-electron chi connectivity index (χ0n) is 7.10. The summed E-state index contributed by atoms with van der Waals surface area (Å²) in [5.41, 5.74) is 0. The molecular weight excluding hydrogens is 282 g/mol. The van der Waals surface area contributed by atoms with Gasteiger partial charge in [-0.25, -0.2) is 0 Å². The van der Waals surface area contributed by atoms with Gasteiger partial charge in [-0.3, -0.25) is 0 Å². The van der Waals surface area contributed by atoms with Crippen molar-refractivity contribution < 1.29 is 61.3 Å². The number of carboxylic acids is 1. The minimum atomic E-state index is -0.934.